The summed E-state index contributed by atoms with van der Waals surface area (Å²) in [4.78, 5) is 19.5. The number of rotatable bonds is 5. The zero-order valence-corrected chi connectivity index (χ0v) is 13.4. The predicted octanol–water partition coefficient (Wildman–Crippen LogP) is 2.29. The van der Waals surface area contributed by atoms with E-state index in [0.29, 0.717) is 29.3 Å². The highest BCUT2D eigenvalue weighted by atomic mass is 16.5. The largest absolute Gasteiger partial charge is 0.491 e. The van der Waals surface area contributed by atoms with E-state index in [2.05, 4.69) is 9.97 Å². The Morgan fingerprint density at radius 3 is 2.75 bits per heavy atom. The van der Waals surface area contributed by atoms with E-state index in [9.17, 15) is 9.90 Å². The molecule has 1 unspecified atom stereocenters. The molecule has 24 heavy (non-hydrogen) atoms. The van der Waals surface area contributed by atoms with Crippen LogP contribution in [0.3, 0.4) is 0 Å². The lowest BCUT2D eigenvalue weighted by molar-refractivity contribution is 0.0679. The molecule has 1 fully saturated rings. The number of nitrogens with two attached hydrogens (primary N) is 1. The van der Waals surface area contributed by atoms with Gasteiger partial charge in [-0.25, -0.2) is 14.8 Å². The molecule has 1 aromatic carbocycles. The fourth-order valence-corrected chi connectivity index (χ4v) is 2.73. The number of aromatic nitrogens is 2. The summed E-state index contributed by atoms with van der Waals surface area (Å²) in [6.45, 7) is 2.91. The number of carboxylic acid groups (broad SMARTS) is 1. The number of anilines is 1. The number of aryl methyl sites for hydroxylation is 1. The van der Waals surface area contributed by atoms with Crippen molar-refractivity contribution in [3.63, 3.8) is 0 Å². The van der Waals surface area contributed by atoms with E-state index in [1.807, 2.05) is 0 Å². The molecule has 3 rings (SSSR count). The van der Waals surface area contributed by atoms with Gasteiger partial charge in [0.15, 0.2) is 0 Å². The van der Waals surface area contributed by atoms with Crippen molar-refractivity contribution >= 4 is 11.9 Å². The van der Waals surface area contributed by atoms with E-state index in [-0.39, 0.29) is 17.6 Å². The molecule has 2 aromatic rings. The van der Waals surface area contributed by atoms with Crippen molar-refractivity contribution in [1.82, 2.24) is 9.97 Å². The van der Waals surface area contributed by atoms with Gasteiger partial charge in [-0.2, -0.15) is 0 Å². The van der Waals surface area contributed by atoms with Crippen molar-refractivity contribution in [2.75, 3.05) is 18.9 Å². The average molecular weight is 329 g/mol. The van der Waals surface area contributed by atoms with E-state index in [1.165, 1.54) is 0 Å². The topological polar surface area (TPSA) is 108 Å². The fourth-order valence-electron chi connectivity index (χ4n) is 2.73. The van der Waals surface area contributed by atoms with E-state index >= 15 is 0 Å². The van der Waals surface area contributed by atoms with Crippen LogP contribution in [-0.2, 0) is 4.74 Å². The van der Waals surface area contributed by atoms with Crippen molar-refractivity contribution < 1.29 is 19.4 Å². The first-order valence-electron chi connectivity index (χ1n) is 7.77. The molecule has 1 aromatic heterocycles. The van der Waals surface area contributed by atoms with Crippen LogP contribution in [0.25, 0.3) is 11.3 Å². The van der Waals surface area contributed by atoms with Crippen LogP contribution in [0.15, 0.2) is 24.3 Å². The van der Waals surface area contributed by atoms with E-state index < -0.39 is 5.97 Å². The number of nitrogens with zero attached hydrogens (tertiary/aromatic N) is 2. The molecule has 0 spiro atoms. The second kappa shape index (κ2) is 6.84. The van der Waals surface area contributed by atoms with Gasteiger partial charge in [0.05, 0.1) is 17.5 Å². The molecule has 126 valence electrons. The van der Waals surface area contributed by atoms with Crippen molar-refractivity contribution in [3.05, 3.63) is 35.5 Å². The summed E-state index contributed by atoms with van der Waals surface area (Å²) in [6.07, 6.45) is 2.23. The Labute approximate surface area is 139 Å². The summed E-state index contributed by atoms with van der Waals surface area (Å²) < 4.78 is 11.2. The summed E-state index contributed by atoms with van der Waals surface area (Å²) in [5.41, 5.74) is 7.00. The number of benzene rings is 1. The Balaban J connectivity index is 1.81. The first kappa shape index (κ1) is 16.2. The summed E-state index contributed by atoms with van der Waals surface area (Å²) in [6, 6.07) is 7.09. The highest BCUT2D eigenvalue weighted by Crippen LogP contribution is 2.26. The first-order valence-corrected chi connectivity index (χ1v) is 7.77. The molecular formula is C17H19N3O4. The van der Waals surface area contributed by atoms with Crippen molar-refractivity contribution in [2.24, 2.45) is 0 Å². The van der Waals surface area contributed by atoms with Crippen LogP contribution < -0.4 is 10.5 Å². The third kappa shape index (κ3) is 3.46. The molecule has 1 aliphatic rings. The smallest absolute Gasteiger partial charge is 0.339 e. The molecule has 0 saturated carbocycles. The predicted molar refractivity (Wildman–Crippen MR) is 88.0 cm³/mol. The maximum absolute atomic E-state index is 11.5. The van der Waals surface area contributed by atoms with Gasteiger partial charge in [0.2, 0.25) is 5.95 Å². The number of hydrogen-bond acceptors (Lipinski definition) is 6. The Morgan fingerprint density at radius 1 is 1.38 bits per heavy atom. The quantitative estimate of drug-likeness (QED) is 0.866. The van der Waals surface area contributed by atoms with Gasteiger partial charge >= 0.3 is 5.97 Å². The summed E-state index contributed by atoms with van der Waals surface area (Å²) in [5.74, 6) is -0.336. The zero-order valence-electron chi connectivity index (χ0n) is 13.4. The fraction of sp³-hybridized carbons (Fsp3) is 0.353. The molecule has 0 radical (unpaired) electrons. The molecule has 0 bridgehead atoms. The van der Waals surface area contributed by atoms with E-state index in [1.54, 1.807) is 31.2 Å². The summed E-state index contributed by atoms with van der Waals surface area (Å²) >= 11 is 0. The Morgan fingerprint density at radius 2 is 2.12 bits per heavy atom. The maximum Gasteiger partial charge on any atom is 0.339 e. The van der Waals surface area contributed by atoms with Crippen LogP contribution in [0, 0.1) is 6.92 Å². The molecule has 7 nitrogen and oxygen atoms in total. The van der Waals surface area contributed by atoms with Gasteiger partial charge in [-0.15, -0.1) is 0 Å². The van der Waals surface area contributed by atoms with Crippen LogP contribution >= 0.6 is 0 Å². The first-order chi connectivity index (χ1) is 11.5. The molecular weight excluding hydrogens is 310 g/mol. The number of carboxylic acids is 1. The average Bonchev–Trinajstić information content (AvgIpc) is 3.05. The molecule has 1 aliphatic heterocycles. The number of hydrogen-bond donors (Lipinski definition) is 2. The number of carbonyl (C=O) groups is 1. The minimum absolute atomic E-state index is 0.0474. The minimum Gasteiger partial charge on any atom is -0.491 e. The standard InChI is InChI=1S/C17H19N3O4/c1-10-14(16(21)22)15(20-17(18)19-10)11-4-6-12(7-5-11)24-9-13-3-2-8-23-13/h4-7,13H,2-3,8-9H2,1H3,(H,21,22)(H2,18,19,20). The zero-order chi connectivity index (χ0) is 17.1. The second-order valence-electron chi connectivity index (χ2n) is 5.67. The lowest BCUT2D eigenvalue weighted by Gasteiger charge is -2.12. The van der Waals surface area contributed by atoms with Gasteiger partial charge in [0, 0.05) is 12.2 Å². The molecule has 0 amide bonds. The van der Waals surface area contributed by atoms with Crippen LogP contribution in [0.4, 0.5) is 5.95 Å². The van der Waals surface area contributed by atoms with Crippen LogP contribution in [-0.4, -0.2) is 40.4 Å². The van der Waals surface area contributed by atoms with Crippen LogP contribution in [0.1, 0.15) is 28.9 Å². The normalized spacial score (nSPS) is 17.0. The lowest BCUT2D eigenvalue weighted by Crippen LogP contribution is -2.16. The number of nitrogen functional groups attached to an aromatic ring is 1. The maximum atomic E-state index is 11.5. The minimum atomic E-state index is -1.08. The van der Waals surface area contributed by atoms with Gasteiger partial charge in [0.25, 0.3) is 0 Å². The SMILES string of the molecule is Cc1nc(N)nc(-c2ccc(OCC3CCCO3)cc2)c1C(=O)O. The Bertz CT molecular complexity index is 740. The van der Waals surface area contributed by atoms with Gasteiger partial charge in [-0.1, -0.05) is 0 Å². The third-order valence-corrected chi connectivity index (χ3v) is 3.91. The second-order valence-corrected chi connectivity index (χ2v) is 5.67. The molecule has 3 N–H and O–H groups in total. The van der Waals surface area contributed by atoms with Gasteiger partial charge in [-0.05, 0) is 44.0 Å². The highest BCUT2D eigenvalue weighted by molar-refractivity contribution is 5.96. The van der Waals surface area contributed by atoms with E-state index in [0.717, 1.165) is 19.4 Å². The van der Waals surface area contributed by atoms with Gasteiger partial charge in [-0.3, -0.25) is 0 Å². The number of aromatic carboxylic acids is 1. The van der Waals surface area contributed by atoms with Crippen LogP contribution in [0.5, 0.6) is 5.75 Å². The molecule has 2 heterocycles. The highest BCUT2D eigenvalue weighted by Gasteiger charge is 2.19. The van der Waals surface area contributed by atoms with Crippen molar-refractivity contribution in [2.45, 2.75) is 25.9 Å². The molecule has 7 heteroatoms. The summed E-state index contributed by atoms with van der Waals surface area (Å²) in [5, 5.41) is 9.40. The molecule has 0 aliphatic carbocycles. The van der Waals surface area contributed by atoms with Crippen LogP contribution in [0.2, 0.25) is 0 Å². The molecule has 1 atom stereocenters. The lowest BCUT2D eigenvalue weighted by atomic mass is 10.0. The number of ether oxygens (including phenoxy) is 2. The Hall–Kier alpha value is -2.67. The van der Waals surface area contributed by atoms with Gasteiger partial charge in [0.1, 0.15) is 17.9 Å². The van der Waals surface area contributed by atoms with Gasteiger partial charge < -0.3 is 20.3 Å². The molecule has 1 saturated heterocycles. The third-order valence-electron chi connectivity index (χ3n) is 3.91. The summed E-state index contributed by atoms with van der Waals surface area (Å²) in [7, 11) is 0. The Kier molecular flexibility index (Phi) is 4.61. The van der Waals surface area contributed by atoms with Crippen molar-refractivity contribution in [1.29, 1.82) is 0 Å². The van der Waals surface area contributed by atoms with E-state index in [4.69, 9.17) is 15.2 Å². The monoisotopic (exact) mass is 329 g/mol. The van der Waals surface area contributed by atoms with Crippen molar-refractivity contribution in [3.8, 4) is 17.0 Å².